The van der Waals surface area contributed by atoms with E-state index in [1.54, 1.807) is 0 Å². The van der Waals surface area contributed by atoms with Crippen LogP contribution in [-0.4, -0.2) is 19.2 Å². The molecule has 0 saturated carbocycles. The topological polar surface area (TPSA) is 21.3 Å². The summed E-state index contributed by atoms with van der Waals surface area (Å²) in [6, 6.07) is 15.6. The second-order valence-electron chi connectivity index (χ2n) is 5.69. The van der Waals surface area contributed by atoms with Crippen LogP contribution in [0.1, 0.15) is 25.5 Å². The Labute approximate surface area is 114 Å². The van der Waals surface area contributed by atoms with Crippen LogP contribution in [0, 0.1) is 5.92 Å². The molecule has 1 aliphatic heterocycles. The quantitative estimate of drug-likeness (QED) is 0.886. The zero-order chi connectivity index (χ0) is 13.2. The van der Waals surface area contributed by atoms with Gasteiger partial charge in [0.15, 0.2) is 0 Å². The van der Waals surface area contributed by atoms with Gasteiger partial charge in [-0.15, -0.1) is 0 Å². The first-order chi connectivity index (χ1) is 9.24. The lowest BCUT2D eigenvalue weighted by atomic mass is 9.99. The molecule has 2 unspecified atom stereocenters. The van der Waals surface area contributed by atoms with E-state index in [0.717, 1.165) is 13.2 Å². The molecule has 0 amide bonds. The minimum atomic E-state index is 0.180. The van der Waals surface area contributed by atoms with Crippen LogP contribution in [-0.2, 0) is 4.74 Å². The first-order valence-corrected chi connectivity index (χ1v) is 7.08. The molecule has 2 aromatic carbocycles. The molecule has 1 saturated heterocycles. The second kappa shape index (κ2) is 5.32. The Balaban J connectivity index is 1.78. The predicted molar refractivity (Wildman–Crippen MR) is 79.3 cm³/mol. The molecule has 1 heterocycles. The largest absolute Gasteiger partial charge is 0.371 e. The number of benzene rings is 2. The van der Waals surface area contributed by atoms with E-state index in [4.69, 9.17) is 4.74 Å². The first kappa shape index (κ1) is 12.6. The van der Waals surface area contributed by atoms with Crippen molar-refractivity contribution in [3.63, 3.8) is 0 Å². The Bertz CT molecular complexity index is 556. The molecule has 0 radical (unpaired) electrons. The molecule has 0 aromatic heterocycles. The molecular weight excluding hydrogens is 234 g/mol. The van der Waals surface area contributed by atoms with Crippen LogP contribution in [0.5, 0.6) is 0 Å². The Morgan fingerprint density at radius 3 is 2.58 bits per heavy atom. The fourth-order valence-corrected chi connectivity index (χ4v) is 2.65. The highest BCUT2D eigenvalue weighted by Gasteiger charge is 2.24. The molecule has 0 spiro atoms. The van der Waals surface area contributed by atoms with Crippen LogP contribution in [0.4, 0.5) is 0 Å². The molecule has 1 aliphatic rings. The Morgan fingerprint density at radius 1 is 1.11 bits per heavy atom. The molecular formula is C17H21NO. The van der Waals surface area contributed by atoms with E-state index in [0.29, 0.717) is 12.0 Å². The van der Waals surface area contributed by atoms with Crippen molar-refractivity contribution < 1.29 is 4.74 Å². The van der Waals surface area contributed by atoms with E-state index in [2.05, 4.69) is 61.6 Å². The highest BCUT2D eigenvalue weighted by Crippen LogP contribution is 2.25. The maximum atomic E-state index is 6.02. The van der Waals surface area contributed by atoms with Crippen LogP contribution in [0.25, 0.3) is 10.8 Å². The van der Waals surface area contributed by atoms with Crippen LogP contribution < -0.4 is 5.32 Å². The van der Waals surface area contributed by atoms with Crippen molar-refractivity contribution in [1.82, 2.24) is 5.32 Å². The van der Waals surface area contributed by atoms with Gasteiger partial charge in [0.1, 0.15) is 0 Å². The Morgan fingerprint density at radius 2 is 1.89 bits per heavy atom. The highest BCUT2D eigenvalue weighted by molar-refractivity contribution is 5.83. The van der Waals surface area contributed by atoms with Gasteiger partial charge >= 0.3 is 0 Å². The van der Waals surface area contributed by atoms with Gasteiger partial charge in [0, 0.05) is 12.6 Å². The molecule has 1 N–H and O–H groups in total. The minimum absolute atomic E-state index is 0.180. The average molecular weight is 255 g/mol. The van der Waals surface area contributed by atoms with Crippen molar-refractivity contribution in [3.05, 3.63) is 48.0 Å². The van der Waals surface area contributed by atoms with Crippen molar-refractivity contribution in [2.75, 3.05) is 13.2 Å². The number of hydrogen-bond donors (Lipinski definition) is 1. The van der Waals surface area contributed by atoms with Gasteiger partial charge < -0.3 is 10.1 Å². The summed E-state index contributed by atoms with van der Waals surface area (Å²) in [5.74, 6) is 0.623. The summed E-state index contributed by atoms with van der Waals surface area (Å²) < 4.78 is 6.02. The first-order valence-electron chi connectivity index (χ1n) is 7.08. The number of morpholine rings is 1. The maximum absolute atomic E-state index is 6.02. The monoisotopic (exact) mass is 255 g/mol. The van der Waals surface area contributed by atoms with Crippen molar-refractivity contribution in [2.24, 2.45) is 5.92 Å². The standard InChI is InChI=1S/C17H21NO/c1-12(2)16-11-19-17(10-18-16)15-8-7-13-5-3-4-6-14(13)9-15/h3-9,12,16-18H,10-11H2,1-2H3. The van der Waals surface area contributed by atoms with Gasteiger partial charge in [-0.05, 0) is 28.3 Å². The number of rotatable bonds is 2. The van der Waals surface area contributed by atoms with Crippen molar-refractivity contribution in [2.45, 2.75) is 26.0 Å². The summed E-state index contributed by atoms with van der Waals surface area (Å²) in [5.41, 5.74) is 1.27. The van der Waals surface area contributed by atoms with Gasteiger partial charge in [-0.3, -0.25) is 0 Å². The molecule has 1 fully saturated rings. The summed E-state index contributed by atoms with van der Waals surface area (Å²) in [6.07, 6.45) is 0.180. The van der Waals surface area contributed by atoms with Gasteiger partial charge in [0.05, 0.1) is 12.7 Å². The van der Waals surface area contributed by atoms with Gasteiger partial charge in [-0.2, -0.15) is 0 Å². The van der Waals surface area contributed by atoms with Crippen LogP contribution in [0.3, 0.4) is 0 Å². The lowest BCUT2D eigenvalue weighted by Gasteiger charge is -2.32. The fourth-order valence-electron chi connectivity index (χ4n) is 2.65. The summed E-state index contributed by atoms with van der Waals surface area (Å²) in [4.78, 5) is 0. The number of nitrogens with one attached hydrogen (secondary N) is 1. The molecule has 0 bridgehead atoms. The van der Waals surface area contributed by atoms with Gasteiger partial charge in [-0.25, -0.2) is 0 Å². The maximum Gasteiger partial charge on any atom is 0.0950 e. The molecule has 19 heavy (non-hydrogen) atoms. The highest BCUT2D eigenvalue weighted by atomic mass is 16.5. The van der Waals surface area contributed by atoms with Crippen molar-refractivity contribution in [3.8, 4) is 0 Å². The van der Waals surface area contributed by atoms with Gasteiger partial charge in [0.25, 0.3) is 0 Å². The molecule has 100 valence electrons. The smallest absolute Gasteiger partial charge is 0.0950 e. The molecule has 0 aliphatic carbocycles. The molecule has 3 rings (SSSR count). The van der Waals surface area contributed by atoms with Crippen LogP contribution >= 0.6 is 0 Å². The number of fused-ring (bicyclic) bond motifs is 1. The van der Waals surface area contributed by atoms with Crippen LogP contribution in [0.15, 0.2) is 42.5 Å². The zero-order valence-corrected chi connectivity index (χ0v) is 11.6. The normalized spacial score (nSPS) is 23.9. The molecule has 2 aromatic rings. The third-order valence-electron chi connectivity index (χ3n) is 3.99. The molecule has 2 nitrogen and oxygen atoms in total. The molecule has 2 atom stereocenters. The number of ether oxygens (including phenoxy) is 1. The fraction of sp³-hybridized carbons (Fsp3) is 0.412. The summed E-state index contributed by atoms with van der Waals surface area (Å²) >= 11 is 0. The number of hydrogen-bond acceptors (Lipinski definition) is 2. The summed E-state index contributed by atoms with van der Waals surface area (Å²) in [6.45, 7) is 6.17. The van der Waals surface area contributed by atoms with E-state index >= 15 is 0 Å². The SMILES string of the molecule is CC(C)C1COC(c2ccc3ccccc3c2)CN1. The molecule has 2 heteroatoms. The van der Waals surface area contributed by atoms with Gasteiger partial charge in [-0.1, -0.05) is 50.2 Å². The van der Waals surface area contributed by atoms with E-state index < -0.39 is 0 Å². The lowest BCUT2D eigenvalue weighted by Crippen LogP contribution is -2.45. The Hall–Kier alpha value is -1.38. The van der Waals surface area contributed by atoms with Crippen molar-refractivity contribution >= 4 is 10.8 Å². The van der Waals surface area contributed by atoms with Crippen molar-refractivity contribution in [1.29, 1.82) is 0 Å². The zero-order valence-electron chi connectivity index (χ0n) is 11.6. The van der Waals surface area contributed by atoms with E-state index in [1.807, 2.05) is 0 Å². The third kappa shape index (κ3) is 2.65. The summed E-state index contributed by atoms with van der Waals surface area (Å²) in [7, 11) is 0. The van der Waals surface area contributed by atoms with Crippen LogP contribution in [0.2, 0.25) is 0 Å². The second-order valence-corrected chi connectivity index (χ2v) is 5.69. The Kier molecular flexibility index (Phi) is 3.54. The average Bonchev–Trinajstić information content (AvgIpc) is 2.47. The van der Waals surface area contributed by atoms with E-state index in [1.165, 1.54) is 16.3 Å². The minimum Gasteiger partial charge on any atom is -0.371 e. The summed E-state index contributed by atoms with van der Waals surface area (Å²) in [5, 5.41) is 6.16. The van der Waals surface area contributed by atoms with E-state index in [-0.39, 0.29) is 6.10 Å². The predicted octanol–water partition coefficient (Wildman–Crippen LogP) is 3.53. The third-order valence-corrected chi connectivity index (χ3v) is 3.99. The lowest BCUT2D eigenvalue weighted by molar-refractivity contribution is -0.00704. The van der Waals surface area contributed by atoms with Gasteiger partial charge in [0.2, 0.25) is 0 Å². The van der Waals surface area contributed by atoms with E-state index in [9.17, 15) is 0 Å².